The van der Waals surface area contributed by atoms with Gasteiger partial charge in [-0.15, -0.1) is 0 Å². The molecule has 0 amide bonds. The zero-order valence-corrected chi connectivity index (χ0v) is 8.87. The minimum atomic E-state index is -0.358. The molecular formula is C12H16FNO. The maximum absolute atomic E-state index is 12.8. The second kappa shape index (κ2) is 4.62. The summed E-state index contributed by atoms with van der Waals surface area (Å²) in [5.41, 5.74) is 0.991. The Morgan fingerprint density at radius 2 is 2.07 bits per heavy atom. The zero-order valence-electron chi connectivity index (χ0n) is 8.87. The number of hydrogen-bond acceptors (Lipinski definition) is 2. The lowest BCUT2D eigenvalue weighted by atomic mass is 10.1. The lowest BCUT2D eigenvalue weighted by molar-refractivity contribution is 0.378. The molecule has 1 saturated carbocycles. The van der Waals surface area contributed by atoms with Crippen LogP contribution in [0.25, 0.3) is 0 Å². The van der Waals surface area contributed by atoms with Gasteiger partial charge in [-0.3, -0.25) is 0 Å². The molecule has 1 N–H and O–H groups in total. The SMILES string of the molecule is COc1ccc(C(CF)NC2CC2)cc1. The van der Waals surface area contributed by atoms with Gasteiger partial charge in [-0.05, 0) is 30.5 Å². The average Bonchev–Trinajstić information content (AvgIpc) is 3.10. The maximum Gasteiger partial charge on any atom is 0.118 e. The summed E-state index contributed by atoms with van der Waals surface area (Å²) < 4.78 is 17.9. The second-order valence-corrected chi connectivity index (χ2v) is 3.92. The molecule has 1 fully saturated rings. The Morgan fingerprint density at radius 1 is 1.40 bits per heavy atom. The van der Waals surface area contributed by atoms with Gasteiger partial charge in [-0.25, -0.2) is 4.39 Å². The molecule has 0 radical (unpaired) electrons. The van der Waals surface area contributed by atoms with E-state index in [0.717, 1.165) is 11.3 Å². The van der Waals surface area contributed by atoms with E-state index in [0.29, 0.717) is 6.04 Å². The predicted octanol–water partition coefficient (Wildman–Crippen LogP) is 2.46. The van der Waals surface area contributed by atoms with Crippen molar-refractivity contribution in [1.82, 2.24) is 5.32 Å². The van der Waals surface area contributed by atoms with Crippen molar-refractivity contribution in [3.05, 3.63) is 29.8 Å². The molecule has 2 rings (SSSR count). The molecule has 0 aromatic heterocycles. The summed E-state index contributed by atoms with van der Waals surface area (Å²) >= 11 is 0. The number of alkyl halides is 1. The van der Waals surface area contributed by atoms with Crippen LogP contribution < -0.4 is 10.1 Å². The van der Waals surface area contributed by atoms with Crippen LogP contribution in [-0.2, 0) is 0 Å². The smallest absolute Gasteiger partial charge is 0.118 e. The van der Waals surface area contributed by atoms with Crippen molar-refractivity contribution >= 4 is 0 Å². The summed E-state index contributed by atoms with van der Waals surface area (Å²) in [5, 5.41) is 3.28. The van der Waals surface area contributed by atoms with Crippen molar-refractivity contribution in [3.8, 4) is 5.75 Å². The standard InChI is InChI=1S/C12H16FNO/c1-15-11-6-2-9(3-7-11)12(8-13)14-10-4-5-10/h2-3,6-7,10,12,14H,4-5,8H2,1H3. The van der Waals surface area contributed by atoms with Crippen LogP contribution in [0.15, 0.2) is 24.3 Å². The van der Waals surface area contributed by atoms with E-state index in [4.69, 9.17) is 4.74 Å². The number of ether oxygens (including phenoxy) is 1. The lowest BCUT2D eigenvalue weighted by Gasteiger charge is -2.15. The first-order valence-electron chi connectivity index (χ1n) is 5.29. The minimum Gasteiger partial charge on any atom is -0.497 e. The minimum absolute atomic E-state index is 0.164. The molecular weight excluding hydrogens is 193 g/mol. The number of benzene rings is 1. The molecule has 1 unspecified atom stereocenters. The van der Waals surface area contributed by atoms with Gasteiger partial charge in [-0.2, -0.15) is 0 Å². The molecule has 82 valence electrons. The number of hydrogen-bond donors (Lipinski definition) is 1. The highest BCUT2D eigenvalue weighted by atomic mass is 19.1. The highest BCUT2D eigenvalue weighted by Crippen LogP contribution is 2.25. The lowest BCUT2D eigenvalue weighted by Crippen LogP contribution is -2.24. The molecule has 1 aromatic rings. The van der Waals surface area contributed by atoms with Gasteiger partial charge in [0.05, 0.1) is 13.2 Å². The third-order valence-corrected chi connectivity index (χ3v) is 2.69. The summed E-state index contributed by atoms with van der Waals surface area (Å²) in [6.45, 7) is -0.358. The van der Waals surface area contributed by atoms with Gasteiger partial charge in [0.2, 0.25) is 0 Å². The van der Waals surface area contributed by atoms with E-state index in [2.05, 4.69) is 5.32 Å². The largest absolute Gasteiger partial charge is 0.497 e. The van der Waals surface area contributed by atoms with Gasteiger partial charge >= 0.3 is 0 Å². The van der Waals surface area contributed by atoms with Crippen molar-refractivity contribution in [3.63, 3.8) is 0 Å². The van der Waals surface area contributed by atoms with E-state index >= 15 is 0 Å². The van der Waals surface area contributed by atoms with Crippen molar-refractivity contribution in [2.24, 2.45) is 0 Å². The first-order valence-corrected chi connectivity index (χ1v) is 5.29. The van der Waals surface area contributed by atoms with Crippen LogP contribution in [0.2, 0.25) is 0 Å². The molecule has 2 nitrogen and oxygen atoms in total. The number of rotatable bonds is 5. The van der Waals surface area contributed by atoms with Crippen LogP contribution in [0.4, 0.5) is 4.39 Å². The fourth-order valence-electron chi connectivity index (χ4n) is 1.60. The Bertz CT molecular complexity index is 308. The quantitative estimate of drug-likeness (QED) is 0.804. The van der Waals surface area contributed by atoms with Gasteiger partial charge in [-0.1, -0.05) is 12.1 Å². The van der Waals surface area contributed by atoms with Crippen LogP contribution in [0.1, 0.15) is 24.4 Å². The molecule has 1 atom stereocenters. The van der Waals surface area contributed by atoms with Crippen LogP contribution in [0, 0.1) is 0 Å². The normalized spacial score (nSPS) is 17.5. The Kier molecular flexibility index (Phi) is 3.21. The van der Waals surface area contributed by atoms with Gasteiger partial charge < -0.3 is 10.1 Å². The summed E-state index contributed by atoms with van der Waals surface area (Å²) in [6.07, 6.45) is 2.35. The topological polar surface area (TPSA) is 21.3 Å². The Hall–Kier alpha value is -1.09. The number of nitrogens with one attached hydrogen (secondary N) is 1. The molecule has 0 saturated heterocycles. The van der Waals surface area contributed by atoms with Gasteiger partial charge in [0.25, 0.3) is 0 Å². The molecule has 1 aliphatic rings. The molecule has 0 spiro atoms. The summed E-state index contributed by atoms with van der Waals surface area (Å²) in [7, 11) is 1.63. The average molecular weight is 209 g/mol. The van der Waals surface area contributed by atoms with Crippen LogP contribution in [-0.4, -0.2) is 19.8 Å². The third kappa shape index (κ3) is 2.69. The fourth-order valence-corrected chi connectivity index (χ4v) is 1.60. The first kappa shape index (κ1) is 10.4. The predicted molar refractivity (Wildman–Crippen MR) is 57.9 cm³/mol. The first-order chi connectivity index (χ1) is 7.33. The van der Waals surface area contributed by atoms with Crippen molar-refractivity contribution < 1.29 is 9.13 Å². The number of halogens is 1. The van der Waals surface area contributed by atoms with Crippen LogP contribution in [0.5, 0.6) is 5.75 Å². The molecule has 0 aliphatic heterocycles. The van der Waals surface area contributed by atoms with E-state index in [1.807, 2.05) is 24.3 Å². The molecule has 1 aliphatic carbocycles. The van der Waals surface area contributed by atoms with Crippen LogP contribution >= 0.6 is 0 Å². The van der Waals surface area contributed by atoms with Gasteiger partial charge in [0.1, 0.15) is 12.4 Å². The van der Waals surface area contributed by atoms with E-state index in [-0.39, 0.29) is 12.7 Å². The van der Waals surface area contributed by atoms with Gasteiger partial charge in [0, 0.05) is 6.04 Å². The summed E-state index contributed by atoms with van der Waals surface area (Å²) in [4.78, 5) is 0. The highest BCUT2D eigenvalue weighted by Gasteiger charge is 2.25. The van der Waals surface area contributed by atoms with Crippen molar-refractivity contribution in [1.29, 1.82) is 0 Å². The van der Waals surface area contributed by atoms with E-state index < -0.39 is 0 Å². The van der Waals surface area contributed by atoms with E-state index in [1.165, 1.54) is 12.8 Å². The third-order valence-electron chi connectivity index (χ3n) is 2.69. The molecule has 1 aromatic carbocycles. The molecule has 15 heavy (non-hydrogen) atoms. The maximum atomic E-state index is 12.8. The van der Waals surface area contributed by atoms with Crippen molar-refractivity contribution in [2.75, 3.05) is 13.8 Å². The molecule has 3 heteroatoms. The second-order valence-electron chi connectivity index (χ2n) is 3.92. The van der Waals surface area contributed by atoms with E-state index in [1.54, 1.807) is 7.11 Å². The highest BCUT2D eigenvalue weighted by molar-refractivity contribution is 5.29. The zero-order chi connectivity index (χ0) is 10.7. The summed E-state index contributed by atoms with van der Waals surface area (Å²) in [5.74, 6) is 0.808. The summed E-state index contributed by atoms with van der Waals surface area (Å²) in [6, 6.07) is 7.92. The Morgan fingerprint density at radius 3 is 2.53 bits per heavy atom. The Balaban J connectivity index is 2.03. The Labute approximate surface area is 89.4 Å². The van der Waals surface area contributed by atoms with E-state index in [9.17, 15) is 4.39 Å². The van der Waals surface area contributed by atoms with Crippen LogP contribution in [0.3, 0.4) is 0 Å². The molecule has 0 heterocycles. The fraction of sp³-hybridized carbons (Fsp3) is 0.500. The number of methoxy groups -OCH3 is 1. The van der Waals surface area contributed by atoms with Crippen molar-refractivity contribution in [2.45, 2.75) is 24.9 Å². The molecule has 0 bridgehead atoms. The monoisotopic (exact) mass is 209 g/mol. The van der Waals surface area contributed by atoms with Gasteiger partial charge in [0.15, 0.2) is 0 Å².